The summed E-state index contributed by atoms with van der Waals surface area (Å²) in [6.07, 6.45) is 2.83. The number of anilines is 4. The second-order valence-electron chi connectivity index (χ2n) is 7.61. The van der Waals surface area contributed by atoms with Gasteiger partial charge in [-0.3, -0.25) is 9.48 Å². The molecule has 0 unspecified atom stereocenters. The van der Waals surface area contributed by atoms with E-state index in [-0.39, 0.29) is 17.3 Å². The van der Waals surface area contributed by atoms with Crippen LogP contribution in [0.3, 0.4) is 0 Å². The lowest BCUT2D eigenvalue weighted by molar-refractivity contribution is 0.0963. The van der Waals surface area contributed by atoms with Gasteiger partial charge in [0.1, 0.15) is 17.7 Å². The van der Waals surface area contributed by atoms with Crippen LogP contribution in [-0.4, -0.2) is 44.7 Å². The molecule has 0 aliphatic rings. The standard InChI is InChI=1S/C24H26N8O2/c1-14-9-10-18(15(2)11-14)29-24-26-12-17(23(33)25-3)22(30-24)28-19-8-6-7-16(20(19)34-5)21-27-13-32(4)31-21/h6-13H,1-5H3,(H,25,33)(H2,26,28,29,30)/i3D3. The number of rotatable bonds is 7. The van der Waals surface area contributed by atoms with Crippen molar-refractivity contribution in [3.05, 3.63) is 65.6 Å². The fourth-order valence-corrected chi connectivity index (χ4v) is 3.47. The lowest BCUT2D eigenvalue weighted by Crippen LogP contribution is -2.20. The number of hydrogen-bond donors (Lipinski definition) is 3. The molecule has 1 amide bonds. The Morgan fingerprint density at radius 1 is 1.12 bits per heavy atom. The summed E-state index contributed by atoms with van der Waals surface area (Å²) < 4.78 is 29.5. The summed E-state index contributed by atoms with van der Waals surface area (Å²) in [6, 6.07) is 11.2. The Morgan fingerprint density at radius 3 is 2.68 bits per heavy atom. The topological polar surface area (TPSA) is 119 Å². The second kappa shape index (κ2) is 9.57. The van der Waals surface area contributed by atoms with Gasteiger partial charge in [0.15, 0.2) is 11.6 Å². The molecule has 0 radical (unpaired) electrons. The molecular formula is C24H26N8O2. The molecule has 174 valence electrons. The summed E-state index contributed by atoms with van der Waals surface area (Å²) in [4.78, 5) is 25.8. The van der Waals surface area contributed by atoms with Gasteiger partial charge in [0, 0.05) is 30.0 Å². The van der Waals surface area contributed by atoms with Crippen molar-refractivity contribution in [2.24, 2.45) is 7.05 Å². The molecule has 4 rings (SSSR count). The number of nitrogens with one attached hydrogen (secondary N) is 3. The molecule has 4 aromatic rings. The number of nitrogens with zero attached hydrogens (tertiary/aromatic N) is 5. The van der Waals surface area contributed by atoms with E-state index in [2.05, 4.69) is 30.7 Å². The van der Waals surface area contributed by atoms with Gasteiger partial charge in [-0.15, -0.1) is 0 Å². The molecule has 3 N–H and O–H groups in total. The SMILES string of the molecule is [2H]C([2H])([2H])NC(=O)c1cnc(Nc2ccc(C)cc2C)nc1Nc1cccc(-c2ncn(C)n2)c1OC. The number of para-hydroxylation sites is 1. The first-order chi connectivity index (χ1) is 17.5. The van der Waals surface area contributed by atoms with E-state index < -0.39 is 12.9 Å². The molecule has 34 heavy (non-hydrogen) atoms. The number of methoxy groups -OCH3 is 1. The number of carbonyl (C=O) groups excluding carboxylic acids is 1. The van der Waals surface area contributed by atoms with Crippen LogP contribution in [0.4, 0.5) is 23.1 Å². The first kappa shape index (κ1) is 19.0. The summed E-state index contributed by atoms with van der Waals surface area (Å²) in [6.45, 7) is 1.26. The Kier molecular flexibility index (Phi) is 5.36. The van der Waals surface area contributed by atoms with Crippen LogP contribution in [0.1, 0.15) is 25.6 Å². The van der Waals surface area contributed by atoms with Crippen LogP contribution in [0.15, 0.2) is 48.9 Å². The molecule has 2 heterocycles. The summed E-state index contributed by atoms with van der Waals surface area (Å²) in [7, 11) is 3.26. The van der Waals surface area contributed by atoms with Crippen LogP contribution < -0.4 is 20.7 Å². The highest BCUT2D eigenvalue weighted by Gasteiger charge is 2.19. The Hall–Kier alpha value is -4.47. The third-order valence-electron chi connectivity index (χ3n) is 5.09. The quantitative estimate of drug-likeness (QED) is 0.381. The fraction of sp³-hybridized carbons (Fsp3) is 0.208. The Labute approximate surface area is 201 Å². The molecule has 2 aromatic heterocycles. The van der Waals surface area contributed by atoms with Crippen molar-refractivity contribution < 1.29 is 13.6 Å². The van der Waals surface area contributed by atoms with Crippen molar-refractivity contribution >= 4 is 29.0 Å². The maximum absolute atomic E-state index is 12.8. The van der Waals surface area contributed by atoms with Gasteiger partial charge in [-0.2, -0.15) is 10.1 Å². The Balaban J connectivity index is 1.76. The van der Waals surface area contributed by atoms with Crippen LogP contribution in [0.2, 0.25) is 0 Å². The zero-order valence-corrected chi connectivity index (χ0v) is 19.2. The van der Waals surface area contributed by atoms with Crippen molar-refractivity contribution in [2.75, 3.05) is 24.7 Å². The normalized spacial score (nSPS) is 12.3. The van der Waals surface area contributed by atoms with Gasteiger partial charge in [0.2, 0.25) is 5.95 Å². The number of aryl methyl sites for hydroxylation is 3. The van der Waals surface area contributed by atoms with Crippen LogP contribution in [0.25, 0.3) is 11.4 Å². The molecule has 10 heteroatoms. The van der Waals surface area contributed by atoms with Gasteiger partial charge in [0.25, 0.3) is 5.91 Å². The number of hydrogen-bond acceptors (Lipinski definition) is 8. The van der Waals surface area contributed by atoms with Gasteiger partial charge in [0.05, 0.1) is 18.4 Å². The van der Waals surface area contributed by atoms with E-state index >= 15 is 0 Å². The summed E-state index contributed by atoms with van der Waals surface area (Å²) >= 11 is 0. The first-order valence-corrected chi connectivity index (χ1v) is 10.4. The second-order valence-corrected chi connectivity index (χ2v) is 7.61. The average molecular weight is 462 g/mol. The van der Waals surface area contributed by atoms with Crippen LogP contribution >= 0.6 is 0 Å². The third-order valence-corrected chi connectivity index (χ3v) is 5.09. The van der Waals surface area contributed by atoms with Crippen molar-refractivity contribution in [3.63, 3.8) is 0 Å². The fourth-order valence-electron chi connectivity index (χ4n) is 3.47. The molecule has 0 saturated heterocycles. The summed E-state index contributed by atoms with van der Waals surface area (Å²) in [5.74, 6) is 0.290. The predicted octanol–water partition coefficient (Wildman–Crippen LogP) is 3.74. The lowest BCUT2D eigenvalue weighted by Gasteiger charge is -2.16. The summed E-state index contributed by atoms with van der Waals surface area (Å²) in [5, 5.41) is 12.6. The molecular weight excluding hydrogens is 432 g/mol. The van der Waals surface area contributed by atoms with Crippen LogP contribution in [-0.2, 0) is 7.05 Å². The van der Waals surface area contributed by atoms with E-state index in [1.54, 1.807) is 36.3 Å². The van der Waals surface area contributed by atoms with Gasteiger partial charge in [-0.25, -0.2) is 9.97 Å². The lowest BCUT2D eigenvalue weighted by atomic mass is 10.1. The van der Waals surface area contributed by atoms with Gasteiger partial charge >= 0.3 is 0 Å². The van der Waals surface area contributed by atoms with Gasteiger partial charge in [-0.1, -0.05) is 23.8 Å². The minimum Gasteiger partial charge on any atom is -0.494 e. The largest absolute Gasteiger partial charge is 0.494 e. The number of amides is 1. The maximum atomic E-state index is 12.8. The molecule has 0 fully saturated rings. The van der Waals surface area contributed by atoms with Crippen molar-refractivity contribution in [3.8, 4) is 17.1 Å². The first-order valence-electron chi connectivity index (χ1n) is 11.9. The molecule has 2 aromatic carbocycles. The molecule has 0 aliphatic carbocycles. The Bertz CT molecular complexity index is 1450. The Morgan fingerprint density at radius 2 is 1.97 bits per heavy atom. The van der Waals surface area contributed by atoms with E-state index in [0.29, 0.717) is 22.8 Å². The monoisotopic (exact) mass is 461 g/mol. The van der Waals surface area contributed by atoms with Gasteiger partial charge < -0.3 is 20.7 Å². The van der Waals surface area contributed by atoms with E-state index in [1.165, 1.54) is 13.3 Å². The van der Waals surface area contributed by atoms with E-state index in [4.69, 9.17) is 8.85 Å². The minimum atomic E-state index is -2.69. The molecule has 0 spiro atoms. The van der Waals surface area contributed by atoms with Crippen molar-refractivity contribution in [2.45, 2.75) is 13.8 Å². The van der Waals surface area contributed by atoms with Crippen molar-refractivity contribution in [1.29, 1.82) is 0 Å². The highest BCUT2D eigenvalue weighted by molar-refractivity contribution is 5.99. The van der Waals surface area contributed by atoms with Crippen molar-refractivity contribution in [1.82, 2.24) is 30.0 Å². The number of aromatic nitrogens is 5. The summed E-state index contributed by atoms with van der Waals surface area (Å²) in [5.41, 5.74) is 3.90. The maximum Gasteiger partial charge on any atom is 0.256 e. The van der Waals surface area contributed by atoms with Crippen LogP contribution in [0.5, 0.6) is 5.75 Å². The smallest absolute Gasteiger partial charge is 0.256 e. The molecule has 10 nitrogen and oxygen atoms in total. The van der Waals surface area contributed by atoms with Gasteiger partial charge in [-0.05, 0) is 37.6 Å². The minimum absolute atomic E-state index is 0.0641. The number of carbonyl (C=O) groups is 1. The highest BCUT2D eigenvalue weighted by atomic mass is 16.5. The zero-order chi connectivity index (χ0) is 26.7. The predicted molar refractivity (Wildman–Crippen MR) is 131 cm³/mol. The van der Waals surface area contributed by atoms with E-state index in [9.17, 15) is 4.79 Å². The number of benzene rings is 2. The van der Waals surface area contributed by atoms with E-state index in [0.717, 1.165) is 16.8 Å². The average Bonchev–Trinajstić information content (AvgIpc) is 3.26. The number of ether oxygens (including phenoxy) is 1. The molecule has 0 saturated carbocycles. The third kappa shape index (κ3) is 4.65. The zero-order valence-electron chi connectivity index (χ0n) is 22.2. The van der Waals surface area contributed by atoms with E-state index in [1.807, 2.05) is 37.4 Å². The highest BCUT2D eigenvalue weighted by Crippen LogP contribution is 2.36. The molecule has 0 aliphatic heterocycles. The molecule has 0 bridgehead atoms. The van der Waals surface area contributed by atoms with Crippen LogP contribution in [0, 0.1) is 13.8 Å². The molecule has 0 atom stereocenters.